The summed E-state index contributed by atoms with van der Waals surface area (Å²) in [5, 5.41) is 0.787. The molecule has 4 nitrogen and oxygen atoms in total. The fourth-order valence-electron chi connectivity index (χ4n) is 2.01. The van der Waals surface area contributed by atoms with Crippen molar-refractivity contribution in [1.82, 2.24) is 4.98 Å². The first-order valence-electron chi connectivity index (χ1n) is 6.45. The van der Waals surface area contributed by atoms with Crippen molar-refractivity contribution < 1.29 is 9.53 Å². The molecule has 100 valence electrons. The fourth-order valence-corrected chi connectivity index (χ4v) is 3.01. The number of fused-ring (bicyclic) bond motifs is 1. The molecule has 0 bridgehead atoms. The Balaban J connectivity index is 1.90. The zero-order valence-electron chi connectivity index (χ0n) is 10.8. The van der Waals surface area contributed by atoms with Crippen molar-refractivity contribution in [3.05, 3.63) is 24.3 Å². The van der Waals surface area contributed by atoms with Crippen molar-refractivity contribution >= 4 is 32.6 Å². The number of anilines is 1. The molecule has 0 N–H and O–H groups in total. The van der Waals surface area contributed by atoms with Gasteiger partial charge in [-0.2, -0.15) is 0 Å². The second kappa shape index (κ2) is 5.27. The molecule has 1 heterocycles. The molecule has 0 atom stereocenters. The monoisotopic (exact) mass is 276 g/mol. The van der Waals surface area contributed by atoms with Gasteiger partial charge in [0.1, 0.15) is 0 Å². The Labute approximate surface area is 116 Å². The zero-order valence-corrected chi connectivity index (χ0v) is 11.7. The number of para-hydroxylation sites is 1. The van der Waals surface area contributed by atoms with E-state index in [1.54, 1.807) is 23.3 Å². The Hall–Kier alpha value is -1.46. The lowest BCUT2D eigenvalue weighted by molar-refractivity contribution is -0.119. The van der Waals surface area contributed by atoms with Gasteiger partial charge >= 0.3 is 0 Å². The maximum atomic E-state index is 12.3. The van der Waals surface area contributed by atoms with Gasteiger partial charge in [0.05, 0.1) is 23.4 Å². The number of methoxy groups -OCH3 is 1. The van der Waals surface area contributed by atoms with Crippen molar-refractivity contribution in [3.63, 3.8) is 0 Å². The average Bonchev–Trinajstić information content (AvgIpc) is 3.18. The first-order valence-corrected chi connectivity index (χ1v) is 7.27. The van der Waals surface area contributed by atoms with E-state index in [1.165, 1.54) is 0 Å². The van der Waals surface area contributed by atoms with E-state index in [0.717, 1.165) is 28.2 Å². The summed E-state index contributed by atoms with van der Waals surface area (Å²) in [6, 6.07) is 7.97. The van der Waals surface area contributed by atoms with Crippen LogP contribution in [0.2, 0.25) is 0 Å². The number of benzene rings is 1. The lowest BCUT2D eigenvalue weighted by Crippen LogP contribution is -2.34. The summed E-state index contributed by atoms with van der Waals surface area (Å²) in [6.07, 6.45) is 2.01. The van der Waals surface area contributed by atoms with E-state index in [-0.39, 0.29) is 11.8 Å². The molecule has 1 fully saturated rings. The Kier molecular flexibility index (Phi) is 3.48. The van der Waals surface area contributed by atoms with Gasteiger partial charge in [-0.3, -0.25) is 9.69 Å². The van der Waals surface area contributed by atoms with Crippen LogP contribution in [0.4, 0.5) is 5.13 Å². The van der Waals surface area contributed by atoms with Gasteiger partial charge in [0.2, 0.25) is 5.91 Å². The van der Waals surface area contributed by atoms with Gasteiger partial charge < -0.3 is 4.74 Å². The molecular formula is C14H16N2O2S. The summed E-state index contributed by atoms with van der Waals surface area (Å²) in [6.45, 7) is 1.11. The molecule has 1 aliphatic carbocycles. The molecule has 2 aromatic rings. The number of amides is 1. The Bertz CT molecular complexity index is 559. The van der Waals surface area contributed by atoms with E-state index < -0.39 is 0 Å². The number of carbonyl (C=O) groups excluding carboxylic acids is 1. The van der Waals surface area contributed by atoms with Gasteiger partial charge in [0, 0.05) is 13.0 Å². The quantitative estimate of drug-likeness (QED) is 0.843. The molecule has 1 amide bonds. The molecule has 0 radical (unpaired) electrons. The van der Waals surface area contributed by atoms with E-state index in [9.17, 15) is 4.79 Å². The fraction of sp³-hybridized carbons (Fsp3) is 0.429. The van der Waals surface area contributed by atoms with Crippen LogP contribution in [0.1, 0.15) is 12.8 Å². The molecule has 19 heavy (non-hydrogen) atoms. The lowest BCUT2D eigenvalue weighted by Gasteiger charge is -2.19. The van der Waals surface area contributed by atoms with Crippen LogP contribution in [0.15, 0.2) is 24.3 Å². The molecule has 0 unspecified atom stereocenters. The van der Waals surface area contributed by atoms with Crippen LogP contribution in [0.3, 0.4) is 0 Å². The summed E-state index contributed by atoms with van der Waals surface area (Å²) in [7, 11) is 1.65. The third-order valence-electron chi connectivity index (χ3n) is 3.23. The Morgan fingerprint density at radius 1 is 1.47 bits per heavy atom. The Morgan fingerprint density at radius 2 is 2.26 bits per heavy atom. The molecule has 1 saturated carbocycles. The highest BCUT2D eigenvalue weighted by Gasteiger charge is 2.34. The van der Waals surface area contributed by atoms with Crippen molar-refractivity contribution in [1.29, 1.82) is 0 Å². The topological polar surface area (TPSA) is 42.4 Å². The zero-order chi connectivity index (χ0) is 13.2. The highest BCUT2D eigenvalue weighted by molar-refractivity contribution is 7.22. The number of aromatic nitrogens is 1. The van der Waals surface area contributed by atoms with E-state index in [2.05, 4.69) is 4.98 Å². The third-order valence-corrected chi connectivity index (χ3v) is 4.28. The highest BCUT2D eigenvalue weighted by Crippen LogP contribution is 2.35. The van der Waals surface area contributed by atoms with Crippen molar-refractivity contribution in [2.24, 2.45) is 5.92 Å². The summed E-state index contributed by atoms with van der Waals surface area (Å²) in [4.78, 5) is 18.7. The minimum atomic E-state index is 0.191. The number of ether oxygens (including phenoxy) is 1. The van der Waals surface area contributed by atoms with Crippen molar-refractivity contribution in [3.8, 4) is 0 Å². The first-order chi connectivity index (χ1) is 9.29. The number of nitrogens with zero attached hydrogens (tertiary/aromatic N) is 2. The summed E-state index contributed by atoms with van der Waals surface area (Å²) < 4.78 is 6.22. The number of hydrogen-bond acceptors (Lipinski definition) is 4. The van der Waals surface area contributed by atoms with E-state index >= 15 is 0 Å². The van der Waals surface area contributed by atoms with Gasteiger partial charge in [-0.05, 0) is 25.0 Å². The van der Waals surface area contributed by atoms with Crippen LogP contribution in [-0.4, -0.2) is 31.2 Å². The van der Waals surface area contributed by atoms with Crippen LogP contribution in [-0.2, 0) is 9.53 Å². The largest absolute Gasteiger partial charge is 0.383 e. The predicted octanol–water partition coefficient (Wildman–Crippen LogP) is 2.69. The number of thiazole rings is 1. The molecule has 0 aliphatic heterocycles. The highest BCUT2D eigenvalue weighted by atomic mass is 32.1. The van der Waals surface area contributed by atoms with Crippen molar-refractivity contribution in [2.45, 2.75) is 12.8 Å². The smallest absolute Gasteiger partial charge is 0.231 e. The van der Waals surface area contributed by atoms with Crippen LogP contribution in [0, 0.1) is 5.92 Å². The van der Waals surface area contributed by atoms with Gasteiger partial charge in [0.25, 0.3) is 0 Å². The molecule has 0 spiro atoms. The molecule has 0 saturated heterocycles. The minimum Gasteiger partial charge on any atom is -0.383 e. The average molecular weight is 276 g/mol. The molecule has 1 aromatic heterocycles. The summed E-state index contributed by atoms with van der Waals surface area (Å²) in [5.74, 6) is 0.389. The Morgan fingerprint density at radius 3 is 2.95 bits per heavy atom. The first kappa shape index (κ1) is 12.6. The standard InChI is InChI=1S/C14H16N2O2S/c1-18-9-8-16(13(17)10-6-7-10)14-15-11-4-2-3-5-12(11)19-14/h2-5,10H,6-9H2,1H3. The molecule has 1 aliphatic rings. The van der Waals surface area contributed by atoms with Crippen LogP contribution >= 0.6 is 11.3 Å². The second-order valence-corrected chi connectivity index (χ2v) is 5.73. The molecule has 3 rings (SSSR count). The van der Waals surface area contributed by atoms with Gasteiger partial charge in [-0.1, -0.05) is 23.5 Å². The number of rotatable bonds is 5. The van der Waals surface area contributed by atoms with Gasteiger partial charge in [-0.25, -0.2) is 4.98 Å². The lowest BCUT2D eigenvalue weighted by atomic mass is 10.3. The van der Waals surface area contributed by atoms with Crippen LogP contribution in [0.25, 0.3) is 10.2 Å². The van der Waals surface area contributed by atoms with Gasteiger partial charge in [0.15, 0.2) is 5.13 Å². The minimum absolute atomic E-state index is 0.191. The van der Waals surface area contributed by atoms with E-state index in [0.29, 0.717) is 13.2 Å². The van der Waals surface area contributed by atoms with Gasteiger partial charge in [-0.15, -0.1) is 0 Å². The maximum Gasteiger partial charge on any atom is 0.231 e. The molecule has 5 heteroatoms. The molecular weight excluding hydrogens is 260 g/mol. The normalized spacial score (nSPS) is 14.8. The van der Waals surface area contributed by atoms with E-state index in [4.69, 9.17) is 4.74 Å². The van der Waals surface area contributed by atoms with E-state index in [1.807, 2.05) is 24.3 Å². The SMILES string of the molecule is COCCN(C(=O)C1CC1)c1nc2ccccc2s1. The maximum absolute atomic E-state index is 12.3. The number of carbonyl (C=O) groups is 1. The van der Waals surface area contributed by atoms with Crippen molar-refractivity contribution in [2.75, 3.05) is 25.2 Å². The summed E-state index contributed by atoms with van der Waals surface area (Å²) in [5.41, 5.74) is 0.952. The summed E-state index contributed by atoms with van der Waals surface area (Å²) >= 11 is 1.57. The van der Waals surface area contributed by atoms with Crippen LogP contribution in [0.5, 0.6) is 0 Å². The molecule has 1 aromatic carbocycles. The number of hydrogen-bond donors (Lipinski definition) is 0. The van der Waals surface area contributed by atoms with Crippen LogP contribution < -0.4 is 4.90 Å². The second-order valence-electron chi connectivity index (χ2n) is 4.72. The predicted molar refractivity (Wildman–Crippen MR) is 76.6 cm³/mol. The third kappa shape index (κ3) is 2.62.